The molecule has 0 rings (SSSR count). The Balaban J connectivity index is 5.33. The van der Waals surface area contributed by atoms with E-state index >= 15 is 0 Å². The predicted octanol–water partition coefficient (Wildman–Crippen LogP) is -3.39. The third kappa shape index (κ3) is 3.10. The first-order valence-corrected chi connectivity index (χ1v) is 4.43. The molecule has 8 N–H and O–H groups in total. The van der Waals surface area contributed by atoms with Gasteiger partial charge in [0.05, 0.1) is 13.3 Å². The molecule has 2 amide bonds. The Morgan fingerprint density at radius 1 is 1.12 bits per heavy atom. The smallest absolute Gasteiger partial charge is 0.331 e. The van der Waals surface area contributed by atoms with Crippen LogP contribution in [0.5, 0.6) is 0 Å². The predicted molar refractivity (Wildman–Crippen MR) is 53.0 cm³/mol. The van der Waals surface area contributed by atoms with Crippen LogP contribution in [0.1, 0.15) is 0 Å². The van der Waals surface area contributed by atoms with Crippen LogP contribution in [0.15, 0.2) is 0 Å². The third-order valence-corrected chi connectivity index (χ3v) is 1.95. The number of hydrogen-bond acceptors (Lipinski definition) is 7. The number of nitrogens with two attached hydrogens (primary N) is 2. The number of carbonyl (C=O) groups excluding carboxylic acids is 2. The number of aliphatic carboxylic acids is 1. The highest BCUT2D eigenvalue weighted by Crippen LogP contribution is 2.19. The molecule has 0 aromatic carbocycles. The summed E-state index contributed by atoms with van der Waals surface area (Å²) < 4.78 is 0. The monoisotopic (exact) mass is 250 g/mol. The molecule has 10 nitrogen and oxygen atoms in total. The lowest BCUT2D eigenvalue weighted by Crippen LogP contribution is -2.59. The number of hydrogen-bond donors (Lipinski definition) is 6. The van der Waals surface area contributed by atoms with Gasteiger partial charge in [-0.3, -0.25) is 19.6 Å². The zero-order chi connectivity index (χ0) is 13.5. The Labute approximate surface area is 95.8 Å². The maximum absolute atomic E-state index is 11.5. The van der Waals surface area contributed by atoms with Crippen LogP contribution in [0.3, 0.4) is 0 Å². The van der Waals surface area contributed by atoms with Gasteiger partial charge < -0.3 is 27.2 Å². The minimum Gasteiger partial charge on any atom is -0.480 e. The third-order valence-electron chi connectivity index (χ3n) is 1.95. The van der Waals surface area contributed by atoms with E-state index in [0.717, 1.165) is 0 Å². The lowest BCUT2D eigenvalue weighted by Gasteiger charge is -2.24. The van der Waals surface area contributed by atoms with Crippen molar-refractivity contribution in [2.24, 2.45) is 16.9 Å². The molecule has 0 aliphatic carbocycles. The second-order valence-corrected chi connectivity index (χ2v) is 2.90. The van der Waals surface area contributed by atoms with E-state index in [4.69, 9.17) is 21.8 Å². The van der Waals surface area contributed by atoms with Crippen LogP contribution in [0, 0.1) is 5.41 Å². The molecule has 0 fully saturated rings. The number of nitrogens with one attached hydrogen (secondary N) is 2. The van der Waals surface area contributed by atoms with Crippen LogP contribution in [0.25, 0.3) is 0 Å². The molecule has 0 bridgehead atoms. The van der Waals surface area contributed by atoms with Crippen molar-refractivity contribution in [3.05, 3.63) is 0 Å². The molecule has 0 heterocycles. The first kappa shape index (κ1) is 15.2. The average Bonchev–Trinajstić information content (AvgIpc) is 2.25. The van der Waals surface area contributed by atoms with Crippen molar-refractivity contribution in [2.75, 3.05) is 19.9 Å². The number of amides is 2. The van der Waals surface area contributed by atoms with E-state index in [0.29, 0.717) is 0 Å². The van der Waals surface area contributed by atoms with E-state index < -0.39 is 29.8 Å². The largest absolute Gasteiger partial charge is 0.480 e. The van der Waals surface area contributed by atoms with Crippen molar-refractivity contribution in [1.29, 1.82) is 0 Å². The van der Waals surface area contributed by atoms with E-state index in [2.05, 4.69) is 4.89 Å². The van der Waals surface area contributed by atoms with Crippen LogP contribution < -0.4 is 22.1 Å². The van der Waals surface area contributed by atoms with Gasteiger partial charge in [-0.2, -0.15) is 0 Å². The standard InChI is InChI=1S/C7H14N4O6/c8-2-10-4(12)7(1-17-16,6(14)15)5(13)11-3-9/h16H,1-3,8-9H2,(H,10,12)(H,11,13)(H,14,15). The van der Waals surface area contributed by atoms with Crippen molar-refractivity contribution < 1.29 is 29.6 Å². The molecule has 10 heteroatoms. The highest BCUT2D eigenvalue weighted by Gasteiger charge is 2.54. The lowest BCUT2D eigenvalue weighted by atomic mass is 9.86. The minimum atomic E-state index is -2.65. The van der Waals surface area contributed by atoms with Crippen molar-refractivity contribution in [1.82, 2.24) is 10.6 Å². The lowest BCUT2D eigenvalue weighted by molar-refractivity contribution is -0.259. The number of rotatable bonds is 7. The second kappa shape index (κ2) is 6.75. The first-order chi connectivity index (χ1) is 7.97. The summed E-state index contributed by atoms with van der Waals surface area (Å²) in [5.74, 6) is -4.23. The van der Waals surface area contributed by atoms with Crippen molar-refractivity contribution in [3.63, 3.8) is 0 Å². The molecule has 98 valence electrons. The van der Waals surface area contributed by atoms with Crippen LogP contribution in [0.2, 0.25) is 0 Å². The fraction of sp³-hybridized carbons (Fsp3) is 0.571. The fourth-order valence-corrected chi connectivity index (χ4v) is 1.07. The van der Waals surface area contributed by atoms with E-state index in [1.165, 1.54) is 0 Å². The van der Waals surface area contributed by atoms with Crippen molar-refractivity contribution >= 4 is 17.8 Å². The highest BCUT2D eigenvalue weighted by atomic mass is 17.1. The van der Waals surface area contributed by atoms with Gasteiger partial charge in [0.1, 0.15) is 6.61 Å². The maximum Gasteiger partial charge on any atom is 0.331 e. The highest BCUT2D eigenvalue weighted by molar-refractivity contribution is 6.20. The normalized spacial score (nSPS) is 10.8. The molecular formula is C7H14N4O6. The second-order valence-electron chi connectivity index (χ2n) is 2.90. The minimum absolute atomic E-state index is 0.380. The SMILES string of the molecule is NCNC(=O)C(COO)(C(=O)O)C(=O)NCN. The summed E-state index contributed by atoms with van der Waals surface area (Å²) >= 11 is 0. The Kier molecular flexibility index (Phi) is 6.06. The molecule has 0 aliphatic rings. The molecule has 0 atom stereocenters. The molecule has 0 saturated heterocycles. The van der Waals surface area contributed by atoms with Gasteiger partial charge in [-0.15, -0.1) is 0 Å². The van der Waals surface area contributed by atoms with E-state index in [1.54, 1.807) is 0 Å². The summed E-state index contributed by atoms with van der Waals surface area (Å²) in [6.07, 6.45) is 0. The molecular weight excluding hydrogens is 236 g/mol. The summed E-state index contributed by atoms with van der Waals surface area (Å²) in [4.78, 5) is 37.8. The Bertz CT molecular complexity index is 289. The molecule has 0 aromatic heterocycles. The Hall–Kier alpha value is -1.75. The molecule has 0 spiro atoms. The molecule has 0 aromatic rings. The van der Waals surface area contributed by atoms with Gasteiger partial charge in [0.2, 0.25) is 5.41 Å². The zero-order valence-electron chi connectivity index (χ0n) is 8.80. The molecule has 0 saturated carbocycles. The molecule has 17 heavy (non-hydrogen) atoms. The first-order valence-electron chi connectivity index (χ1n) is 4.43. The van der Waals surface area contributed by atoms with Gasteiger partial charge in [0.25, 0.3) is 11.8 Å². The van der Waals surface area contributed by atoms with Crippen LogP contribution in [-0.2, 0) is 19.3 Å². The van der Waals surface area contributed by atoms with Crippen LogP contribution in [-0.4, -0.2) is 48.1 Å². The summed E-state index contributed by atoms with van der Waals surface area (Å²) in [6, 6.07) is 0. The van der Waals surface area contributed by atoms with Crippen molar-refractivity contribution in [2.45, 2.75) is 0 Å². The maximum atomic E-state index is 11.5. The van der Waals surface area contributed by atoms with Gasteiger partial charge in [-0.25, -0.2) is 4.89 Å². The van der Waals surface area contributed by atoms with Gasteiger partial charge in [0.15, 0.2) is 0 Å². The zero-order valence-corrected chi connectivity index (χ0v) is 8.80. The summed E-state index contributed by atoms with van der Waals surface area (Å²) in [7, 11) is 0. The van der Waals surface area contributed by atoms with Crippen molar-refractivity contribution in [3.8, 4) is 0 Å². The number of carboxylic acids is 1. The Morgan fingerprint density at radius 3 is 1.76 bits per heavy atom. The summed E-state index contributed by atoms with van der Waals surface area (Å²) in [6.45, 7) is -1.83. The van der Waals surface area contributed by atoms with Gasteiger partial charge >= 0.3 is 5.97 Å². The van der Waals surface area contributed by atoms with E-state index in [9.17, 15) is 14.4 Å². The fourth-order valence-electron chi connectivity index (χ4n) is 1.07. The summed E-state index contributed by atoms with van der Waals surface area (Å²) in [5, 5.41) is 21.2. The molecule has 0 aliphatic heterocycles. The quantitative estimate of drug-likeness (QED) is 0.117. The summed E-state index contributed by atoms with van der Waals surface area (Å²) in [5.41, 5.74) is 7.38. The Morgan fingerprint density at radius 2 is 1.53 bits per heavy atom. The van der Waals surface area contributed by atoms with Crippen LogP contribution >= 0.6 is 0 Å². The molecule has 0 unspecified atom stereocenters. The van der Waals surface area contributed by atoms with E-state index in [-0.39, 0.29) is 13.3 Å². The van der Waals surface area contributed by atoms with Gasteiger partial charge in [0, 0.05) is 0 Å². The average molecular weight is 250 g/mol. The van der Waals surface area contributed by atoms with Crippen LogP contribution in [0.4, 0.5) is 0 Å². The van der Waals surface area contributed by atoms with E-state index in [1.807, 2.05) is 10.6 Å². The van der Waals surface area contributed by atoms with Gasteiger partial charge in [-0.1, -0.05) is 0 Å². The topological polar surface area (TPSA) is 177 Å². The number of carboxylic acid groups (broad SMARTS) is 1. The molecule has 0 radical (unpaired) electrons. The number of carbonyl (C=O) groups is 3. The van der Waals surface area contributed by atoms with Gasteiger partial charge in [-0.05, 0) is 0 Å².